The van der Waals surface area contributed by atoms with Gasteiger partial charge in [0.1, 0.15) is 0 Å². The van der Waals surface area contributed by atoms with E-state index in [0.717, 1.165) is 0 Å². The van der Waals surface area contributed by atoms with Crippen LogP contribution in [0.3, 0.4) is 0 Å². The van der Waals surface area contributed by atoms with Crippen molar-refractivity contribution in [3.63, 3.8) is 0 Å². The predicted molar refractivity (Wildman–Crippen MR) is 89.8 cm³/mol. The fourth-order valence-corrected chi connectivity index (χ4v) is 4.69. The first-order valence-corrected chi connectivity index (χ1v) is 8.28. The Morgan fingerprint density at radius 3 is 2.19 bits per heavy atom. The van der Waals surface area contributed by atoms with Gasteiger partial charge in [-0.3, -0.25) is 0 Å². The van der Waals surface area contributed by atoms with Crippen molar-refractivity contribution in [2.24, 2.45) is 0 Å². The van der Waals surface area contributed by atoms with Gasteiger partial charge in [0.15, 0.2) is 0 Å². The van der Waals surface area contributed by atoms with Crippen molar-refractivity contribution >= 4 is 0 Å². The van der Waals surface area contributed by atoms with Gasteiger partial charge in [-0.2, -0.15) is 0 Å². The maximum atomic E-state index is 2.38. The first kappa shape index (κ1) is 13.1. The van der Waals surface area contributed by atoms with Crippen LogP contribution in [0, 0.1) is 0 Å². The molecule has 0 aliphatic heterocycles. The van der Waals surface area contributed by atoms with Crippen molar-refractivity contribution in [3.8, 4) is 11.1 Å². The van der Waals surface area contributed by atoms with Crippen molar-refractivity contribution in [1.82, 2.24) is 0 Å². The average Bonchev–Trinajstić information content (AvgIpc) is 3.05. The summed E-state index contributed by atoms with van der Waals surface area (Å²) in [5.74, 6) is 0. The van der Waals surface area contributed by atoms with Gasteiger partial charge in [-0.15, -0.1) is 0 Å². The molecule has 108 valence electrons. The fourth-order valence-electron chi connectivity index (χ4n) is 4.69. The van der Waals surface area contributed by atoms with Gasteiger partial charge in [-0.25, -0.2) is 0 Å². The summed E-state index contributed by atoms with van der Waals surface area (Å²) < 4.78 is 0. The lowest BCUT2D eigenvalue weighted by Gasteiger charge is -2.33. The summed E-state index contributed by atoms with van der Waals surface area (Å²) in [5.41, 5.74) is 8.29. The molecule has 0 amide bonds. The quantitative estimate of drug-likeness (QED) is 0.568. The van der Waals surface area contributed by atoms with E-state index in [9.17, 15) is 0 Å². The first-order valence-electron chi connectivity index (χ1n) is 8.28. The van der Waals surface area contributed by atoms with Crippen LogP contribution in [0.5, 0.6) is 0 Å². The van der Waals surface area contributed by atoms with Crippen LogP contribution in [0.1, 0.15) is 63.1 Å². The van der Waals surface area contributed by atoms with Crippen molar-refractivity contribution in [1.29, 1.82) is 0 Å². The molecule has 4 rings (SSSR count). The van der Waals surface area contributed by atoms with E-state index >= 15 is 0 Å². The molecule has 0 N–H and O–H groups in total. The summed E-state index contributed by atoms with van der Waals surface area (Å²) in [6.07, 6.45) is 5.38. The summed E-state index contributed by atoms with van der Waals surface area (Å²) in [5, 5.41) is 0. The van der Waals surface area contributed by atoms with Gasteiger partial charge in [0.2, 0.25) is 0 Å². The molecule has 0 bridgehead atoms. The minimum atomic E-state index is 0.211. The molecule has 1 spiro atoms. The van der Waals surface area contributed by atoms with E-state index in [0.29, 0.717) is 5.41 Å². The highest BCUT2D eigenvalue weighted by atomic mass is 14.5. The maximum Gasteiger partial charge on any atom is 0.0218 e. The summed E-state index contributed by atoms with van der Waals surface area (Å²) in [6, 6.07) is 16.1. The SMILES string of the molecule is CC(C)(C)c1cccc2c1C1(CCCC1)c1ccccc1-2. The molecule has 21 heavy (non-hydrogen) atoms. The molecule has 0 nitrogen and oxygen atoms in total. The van der Waals surface area contributed by atoms with Gasteiger partial charge < -0.3 is 0 Å². The van der Waals surface area contributed by atoms with Gasteiger partial charge in [0.25, 0.3) is 0 Å². The number of fused-ring (bicyclic) bond motifs is 5. The fraction of sp³-hybridized carbons (Fsp3) is 0.429. The van der Waals surface area contributed by atoms with Gasteiger partial charge in [0.05, 0.1) is 0 Å². The van der Waals surface area contributed by atoms with Crippen LogP contribution < -0.4 is 0 Å². The lowest BCUT2D eigenvalue weighted by molar-refractivity contribution is 0.512. The van der Waals surface area contributed by atoms with E-state index in [1.165, 1.54) is 36.8 Å². The zero-order valence-electron chi connectivity index (χ0n) is 13.4. The Bertz CT molecular complexity index is 694. The van der Waals surface area contributed by atoms with E-state index < -0.39 is 0 Å². The van der Waals surface area contributed by atoms with Crippen LogP contribution in [-0.4, -0.2) is 0 Å². The van der Waals surface area contributed by atoms with Crippen molar-refractivity contribution in [2.45, 2.75) is 57.3 Å². The highest BCUT2D eigenvalue weighted by Crippen LogP contribution is 2.58. The second-order valence-electron chi connectivity index (χ2n) is 7.81. The smallest absolute Gasteiger partial charge is 0.0218 e. The molecule has 0 radical (unpaired) electrons. The van der Waals surface area contributed by atoms with Crippen molar-refractivity contribution < 1.29 is 0 Å². The predicted octanol–water partition coefficient (Wildman–Crippen LogP) is 5.82. The zero-order valence-corrected chi connectivity index (χ0v) is 13.4. The summed E-state index contributed by atoms with van der Waals surface area (Å²) in [4.78, 5) is 0. The molecule has 2 aromatic rings. The Balaban J connectivity index is 2.09. The molecule has 0 heterocycles. The second-order valence-corrected chi connectivity index (χ2v) is 7.81. The molecular formula is C21H24. The Labute approximate surface area is 128 Å². The standard InChI is InChI=1S/C21H24/c1-20(2,3)18-12-8-10-16-15-9-4-5-11-17(15)21(19(16)18)13-6-7-14-21/h4-5,8-12H,6-7,13-14H2,1-3H3. The van der Waals surface area contributed by atoms with Gasteiger partial charge >= 0.3 is 0 Å². The Kier molecular flexibility index (Phi) is 2.64. The molecular weight excluding hydrogens is 252 g/mol. The van der Waals surface area contributed by atoms with Crippen LogP contribution in [-0.2, 0) is 10.8 Å². The van der Waals surface area contributed by atoms with E-state index in [4.69, 9.17) is 0 Å². The normalized spacial score (nSPS) is 18.8. The van der Waals surface area contributed by atoms with Crippen LogP contribution in [0.4, 0.5) is 0 Å². The summed E-state index contributed by atoms with van der Waals surface area (Å²) in [7, 11) is 0. The first-order chi connectivity index (χ1) is 10.0. The van der Waals surface area contributed by atoms with E-state index in [1.54, 1.807) is 16.7 Å². The second kappa shape index (κ2) is 4.22. The number of hydrogen-bond acceptors (Lipinski definition) is 0. The van der Waals surface area contributed by atoms with E-state index in [-0.39, 0.29) is 5.41 Å². The molecule has 0 aromatic heterocycles. The minimum Gasteiger partial charge on any atom is -0.0619 e. The third-order valence-electron chi connectivity index (χ3n) is 5.54. The molecule has 1 saturated carbocycles. The third-order valence-corrected chi connectivity index (χ3v) is 5.54. The lowest BCUT2D eigenvalue weighted by atomic mass is 9.70. The van der Waals surface area contributed by atoms with Crippen molar-refractivity contribution in [2.75, 3.05) is 0 Å². The Morgan fingerprint density at radius 2 is 1.48 bits per heavy atom. The van der Waals surface area contributed by atoms with E-state index in [2.05, 4.69) is 63.2 Å². The molecule has 0 saturated heterocycles. The average molecular weight is 276 g/mol. The van der Waals surface area contributed by atoms with Crippen molar-refractivity contribution in [3.05, 3.63) is 59.2 Å². The summed E-state index contributed by atoms with van der Waals surface area (Å²) >= 11 is 0. The maximum absolute atomic E-state index is 2.38. The van der Waals surface area contributed by atoms with Crippen LogP contribution >= 0.6 is 0 Å². The van der Waals surface area contributed by atoms with Gasteiger partial charge in [-0.05, 0) is 46.1 Å². The molecule has 2 aliphatic carbocycles. The molecule has 2 aromatic carbocycles. The largest absolute Gasteiger partial charge is 0.0619 e. The van der Waals surface area contributed by atoms with Gasteiger partial charge in [-0.1, -0.05) is 76.1 Å². The van der Waals surface area contributed by atoms with Crippen LogP contribution in [0.2, 0.25) is 0 Å². The Hall–Kier alpha value is -1.56. The highest BCUT2D eigenvalue weighted by Gasteiger charge is 2.47. The Morgan fingerprint density at radius 1 is 0.810 bits per heavy atom. The van der Waals surface area contributed by atoms with Crippen LogP contribution in [0.15, 0.2) is 42.5 Å². The molecule has 2 aliphatic rings. The van der Waals surface area contributed by atoms with Gasteiger partial charge in [0, 0.05) is 5.41 Å². The summed E-state index contributed by atoms with van der Waals surface area (Å²) in [6.45, 7) is 7.07. The third kappa shape index (κ3) is 1.68. The van der Waals surface area contributed by atoms with Crippen LogP contribution in [0.25, 0.3) is 11.1 Å². The molecule has 0 atom stereocenters. The lowest BCUT2D eigenvalue weighted by Crippen LogP contribution is -2.26. The number of rotatable bonds is 0. The molecule has 0 heteroatoms. The van der Waals surface area contributed by atoms with E-state index in [1.807, 2.05) is 0 Å². The zero-order chi connectivity index (χ0) is 14.7. The molecule has 1 fully saturated rings. The highest BCUT2D eigenvalue weighted by molar-refractivity contribution is 5.82. The minimum absolute atomic E-state index is 0.211. The number of hydrogen-bond donors (Lipinski definition) is 0. The number of benzene rings is 2. The molecule has 0 unspecified atom stereocenters. The topological polar surface area (TPSA) is 0 Å². The monoisotopic (exact) mass is 276 g/mol.